The van der Waals surface area contributed by atoms with E-state index in [1.54, 1.807) is 0 Å². The van der Waals surface area contributed by atoms with Crippen LogP contribution in [0.5, 0.6) is 0 Å². The lowest BCUT2D eigenvalue weighted by Crippen LogP contribution is -2.32. The van der Waals surface area contributed by atoms with E-state index < -0.39 is 0 Å². The van der Waals surface area contributed by atoms with E-state index in [1.165, 1.54) is 16.7 Å². The highest BCUT2D eigenvalue weighted by molar-refractivity contribution is 6.30. The van der Waals surface area contributed by atoms with Crippen LogP contribution in [0.1, 0.15) is 35.6 Å². The van der Waals surface area contributed by atoms with Gasteiger partial charge >= 0.3 is 0 Å². The second kappa shape index (κ2) is 4.74. The van der Waals surface area contributed by atoms with E-state index in [-0.39, 0.29) is 11.9 Å². The maximum atomic E-state index is 11.8. The van der Waals surface area contributed by atoms with Gasteiger partial charge in [-0.25, -0.2) is 0 Å². The van der Waals surface area contributed by atoms with Gasteiger partial charge in [-0.2, -0.15) is 0 Å². The molecule has 1 heterocycles. The predicted octanol–water partition coefficient (Wildman–Crippen LogP) is 4.11. The average Bonchev–Trinajstić information content (AvgIpc) is 2.81. The van der Waals surface area contributed by atoms with Crippen molar-refractivity contribution in [1.82, 2.24) is 5.32 Å². The Hall–Kier alpha value is -2.06. The minimum Gasteiger partial charge on any atom is -0.345 e. The molecule has 2 aliphatic rings. The Morgan fingerprint density at radius 3 is 2.67 bits per heavy atom. The molecule has 1 unspecified atom stereocenters. The number of piperidine rings is 1. The van der Waals surface area contributed by atoms with Gasteiger partial charge in [-0.3, -0.25) is 4.79 Å². The number of benzene rings is 2. The molecule has 1 aliphatic heterocycles. The highest BCUT2D eigenvalue weighted by Crippen LogP contribution is 2.47. The molecule has 1 N–H and O–H groups in total. The number of halogens is 1. The third-order valence-corrected chi connectivity index (χ3v) is 4.49. The molecule has 1 amide bonds. The lowest BCUT2D eigenvalue weighted by atomic mass is 9.93. The Morgan fingerprint density at radius 2 is 1.86 bits per heavy atom. The van der Waals surface area contributed by atoms with Crippen LogP contribution in [-0.2, 0) is 4.79 Å². The first-order chi connectivity index (χ1) is 10.2. The number of fused-ring (bicyclic) bond motifs is 3. The van der Waals surface area contributed by atoms with Crippen LogP contribution in [0.2, 0.25) is 5.02 Å². The first-order valence-corrected chi connectivity index (χ1v) is 7.49. The van der Waals surface area contributed by atoms with Crippen LogP contribution in [0.15, 0.2) is 54.1 Å². The fourth-order valence-corrected chi connectivity index (χ4v) is 3.54. The van der Waals surface area contributed by atoms with Gasteiger partial charge < -0.3 is 5.32 Å². The van der Waals surface area contributed by atoms with Crippen LogP contribution < -0.4 is 5.32 Å². The molecule has 3 heteroatoms. The third-order valence-electron chi connectivity index (χ3n) is 4.25. The summed E-state index contributed by atoms with van der Waals surface area (Å²) in [5.41, 5.74) is 6.03. The van der Waals surface area contributed by atoms with Gasteiger partial charge in [-0.15, -0.1) is 0 Å². The Balaban J connectivity index is 1.96. The van der Waals surface area contributed by atoms with E-state index in [0.717, 1.165) is 22.6 Å². The van der Waals surface area contributed by atoms with Crippen LogP contribution in [0.25, 0.3) is 5.57 Å². The van der Waals surface area contributed by atoms with E-state index in [0.29, 0.717) is 6.42 Å². The Kier molecular flexibility index (Phi) is 2.86. The molecule has 0 saturated carbocycles. The molecule has 21 heavy (non-hydrogen) atoms. The van der Waals surface area contributed by atoms with E-state index in [4.69, 9.17) is 11.6 Å². The summed E-state index contributed by atoms with van der Waals surface area (Å²) < 4.78 is 0. The molecule has 1 atom stereocenters. The standard InChI is InChI=1S/C18H14ClNO/c19-12-6-7-13-15(10-12)17(11-4-2-1-3-5-11)14-8-9-16(21)20-18(13)14/h1-7,10,18H,8-9H2,(H,20,21). The molecule has 1 aliphatic carbocycles. The number of rotatable bonds is 1. The Morgan fingerprint density at radius 1 is 1.05 bits per heavy atom. The summed E-state index contributed by atoms with van der Waals surface area (Å²) in [5.74, 6) is 0.124. The molecule has 0 aromatic heterocycles. The van der Waals surface area contributed by atoms with Gasteiger partial charge in [0, 0.05) is 11.4 Å². The molecule has 0 spiro atoms. The number of amides is 1. The van der Waals surface area contributed by atoms with E-state index in [1.807, 2.05) is 36.4 Å². The summed E-state index contributed by atoms with van der Waals surface area (Å²) in [4.78, 5) is 11.8. The number of hydrogen-bond acceptors (Lipinski definition) is 1. The topological polar surface area (TPSA) is 29.1 Å². The summed E-state index contributed by atoms with van der Waals surface area (Å²) >= 11 is 6.19. The summed E-state index contributed by atoms with van der Waals surface area (Å²) in [6, 6.07) is 16.3. The largest absolute Gasteiger partial charge is 0.345 e. The summed E-state index contributed by atoms with van der Waals surface area (Å²) in [7, 11) is 0. The second-order valence-corrected chi connectivity index (χ2v) is 5.93. The highest BCUT2D eigenvalue weighted by atomic mass is 35.5. The molecule has 1 saturated heterocycles. The molecule has 2 aromatic rings. The summed E-state index contributed by atoms with van der Waals surface area (Å²) in [5, 5.41) is 3.84. The predicted molar refractivity (Wildman–Crippen MR) is 84.0 cm³/mol. The van der Waals surface area contributed by atoms with Crippen LogP contribution >= 0.6 is 11.6 Å². The SMILES string of the molecule is O=C1CCC2=C(c3ccccc3)c3cc(Cl)ccc3C2N1. The highest BCUT2D eigenvalue weighted by Gasteiger charge is 2.35. The summed E-state index contributed by atoms with van der Waals surface area (Å²) in [6.45, 7) is 0. The first-order valence-electron chi connectivity index (χ1n) is 7.11. The van der Waals surface area contributed by atoms with Crippen molar-refractivity contribution < 1.29 is 4.79 Å². The number of carbonyl (C=O) groups excluding carboxylic acids is 1. The molecule has 1 fully saturated rings. The van der Waals surface area contributed by atoms with E-state index in [9.17, 15) is 4.79 Å². The van der Waals surface area contributed by atoms with Gasteiger partial charge in [0.05, 0.1) is 6.04 Å². The van der Waals surface area contributed by atoms with Gasteiger partial charge in [0.25, 0.3) is 0 Å². The van der Waals surface area contributed by atoms with Crippen molar-refractivity contribution in [3.63, 3.8) is 0 Å². The minimum absolute atomic E-state index is 0.00808. The number of hydrogen-bond donors (Lipinski definition) is 1. The van der Waals surface area contributed by atoms with Crippen molar-refractivity contribution in [1.29, 1.82) is 0 Å². The van der Waals surface area contributed by atoms with Crippen LogP contribution in [0.4, 0.5) is 0 Å². The molecule has 4 rings (SSSR count). The molecular formula is C18H14ClNO. The molecule has 0 bridgehead atoms. The fourth-order valence-electron chi connectivity index (χ4n) is 3.36. The molecule has 104 valence electrons. The van der Waals surface area contributed by atoms with E-state index in [2.05, 4.69) is 17.4 Å². The van der Waals surface area contributed by atoms with Gasteiger partial charge in [-0.05, 0) is 46.4 Å². The van der Waals surface area contributed by atoms with Crippen LogP contribution in [0.3, 0.4) is 0 Å². The minimum atomic E-state index is 0.00808. The number of carbonyl (C=O) groups is 1. The first kappa shape index (κ1) is 12.7. The van der Waals surface area contributed by atoms with Gasteiger partial charge in [0.2, 0.25) is 5.91 Å². The van der Waals surface area contributed by atoms with Crippen molar-refractivity contribution in [2.24, 2.45) is 0 Å². The summed E-state index contributed by atoms with van der Waals surface area (Å²) in [6.07, 6.45) is 1.37. The zero-order chi connectivity index (χ0) is 14.4. The fraction of sp³-hybridized carbons (Fsp3) is 0.167. The lowest BCUT2D eigenvalue weighted by Gasteiger charge is -2.24. The van der Waals surface area contributed by atoms with Crippen molar-refractivity contribution in [2.45, 2.75) is 18.9 Å². The van der Waals surface area contributed by atoms with E-state index >= 15 is 0 Å². The van der Waals surface area contributed by atoms with Crippen molar-refractivity contribution in [3.05, 3.63) is 75.8 Å². The van der Waals surface area contributed by atoms with Crippen LogP contribution in [-0.4, -0.2) is 5.91 Å². The third kappa shape index (κ3) is 1.98. The van der Waals surface area contributed by atoms with Crippen LogP contribution in [0, 0.1) is 0 Å². The smallest absolute Gasteiger partial charge is 0.221 e. The van der Waals surface area contributed by atoms with Gasteiger partial charge in [0.1, 0.15) is 0 Å². The molecular weight excluding hydrogens is 282 g/mol. The molecule has 0 radical (unpaired) electrons. The lowest BCUT2D eigenvalue weighted by molar-refractivity contribution is -0.122. The van der Waals surface area contributed by atoms with Gasteiger partial charge in [0.15, 0.2) is 0 Å². The van der Waals surface area contributed by atoms with Crippen molar-refractivity contribution in [2.75, 3.05) is 0 Å². The normalized spacial score (nSPS) is 20.0. The Bertz CT molecular complexity index is 764. The van der Waals surface area contributed by atoms with Gasteiger partial charge in [-0.1, -0.05) is 48.0 Å². The molecule has 2 nitrogen and oxygen atoms in total. The Labute approximate surface area is 128 Å². The van der Waals surface area contributed by atoms with Crippen molar-refractivity contribution in [3.8, 4) is 0 Å². The zero-order valence-corrected chi connectivity index (χ0v) is 12.2. The number of nitrogens with one attached hydrogen (secondary N) is 1. The monoisotopic (exact) mass is 295 g/mol. The zero-order valence-electron chi connectivity index (χ0n) is 11.4. The average molecular weight is 296 g/mol. The molecule has 2 aromatic carbocycles. The van der Waals surface area contributed by atoms with Crippen molar-refractivity contribution >= 4 is 23.1 Å². The quantitative estimate of drug-likeness (QED) is 0.843. The maximum absolute atomic E-state index is 11.8. The second-order valence-electron chi connectivity index (χ2n) is 5.50. The maximum Gasteiger partial charge on any atom is 0.221 e.